The molecule has 0 fully saturated rings. The number of aliphatic hydroxyl groups excluding tert-OH is 1. The SMILES string of the molecule is CC(C)(C)OC(=O)Nc1ccc(Cn2c(CO)nc3c(N)nc4ccccc4c32)cc1. The number of imidazole rings is 1. The molecular formula is C23H25N5O3. The molecule has 160 valence electrons. The van der Waals surface area contributed by atoms with E-state index in [2.05, 4.69) is 15.3 Å². The summed E-state index contributed by atoms with van der Waals surface area (Å²) in [6, 6.07) is 15.2. The maximum Gasteiger partial charge on any atom is 0.412 e. The Kier molecular flexibility index (Phi) is 5.24. The molecule has 0 aliphatic carbocycles. The molecule has 2 aromatic heterocycles. The molecule has 0 atom stereocenters. The Hall–Kier alpha value is -3.65. The maximum absolute atomic E-state index is 12.0. The van der Waals surface area contributed by atoms with Crippen molar-refractivity contribution in [3.05, 3.63) is 59.9 Å². The summed E-state index contributed by atoms with van der Waals surface area (Å²) < 4.78 is 7.23. The predicted octanol–water partition coefficient (Wildman–Crippen LogP) is 4.05. The maximum atomic E-state index is 12.0. The van der Waals surface area contributed by atoms with E-state index in [4.69, 9.17) is 10.5 Å². The normalized spacial score (nSPS) is 11.7. The molecule has 8 nitrogen and oxygen atoms in total. The van der Waals surface area contributed by atoms with Gasteiger partial charge in [0, 0.05) is 17.6 Å². The van der Waals surface area contributed by atoms with Crippen LogP contribution in [0.4, 0.5) is 16.3 Å². The van der Waals surface area contributed by atoms with Crippen LogP contribution >= 0.6 is 0 Å². The van der Waals surface area contributed by atoms with E-state index >= 15 is 0 Å². The average molecular weight is 419 g/mol. The lowest BCUT2D eigenvalue weighted by molar-refractivity contribution is 0.0636. The topological polar surface area (TPSA) is 115 Å². The molecule has 8 heteroatoms. The number of anilines is 2. The molecular weight excluding hydrogens is 394 g/mol. The van der Waals surface area contributed by atoms with Crippen LogP contribution in [0, 0.1) is 0 Å². The van der Waals surface area contributed by atoms with Crippen LogP contribution in [0.3, 0.4) is 0 Å². The van der Waals surface area contributed by atoms with Crippen molar-refractivity contribution < 1.29 is 14.6 Å². The Balaban J connectivity index is 1.66. The molecule has 0 saturated carbocycles. The van der Waals surface area contributed by atoms with E-state index in [9.17, 15) is 9.90 Å². The first-order valence-corrected chi connectivity index (χ1v) is 9.98. The largest absolute Gasteiger partial charge is 0.444 e. The molecule has 0 aliphatic heterocycles. The number of hydrogen-bond donors (Lipinski definition) is 3. The van der Waals surface area contributed by atoms with Gasteiger partial charge < -0.3 is 20.1 Å². The number of para-hydroxylation sites is 1. The van der Waals surface area contributed by atoms with Crippen molar-refractivity contribution in [2.75, 3.05) is 11.1 Å². The van der Waals surface area contributed by atoms with Crippen LogP contribution in [0.15, 0.2) is 48.5 Å². The quantitative estimate of drug-likeness (QED) is 0.460. The van der Waals surface area contributed by atoms with Gasteiger partial charge >= 0.3 is 6.09 Å². The molecule has 4 rings (SSSR count). The number of fused-ring (bicyclic) bond motifs is 3. The molecule has 0 saturated heterocycles. The summed E-state index contributed by atoms with van der Waals surface area (Å²) in [7, 11) is 0. The number of nitrogens with two attached hydrogens (primary N) is 1. The standard InChI is InChI=1S/C23H25N5O3/c1-23(2,3)31-22(30)25-15-10-8-14(9-11-15)12-28-18(13-29)27-19-20(28)16-6-4-5-7-17(16)26-21(19)24/h4-11,29H,12-13H2,1-3H3,(H2,24,26)(H,25,30). The summed E-state index contributed by atoms with van der Waals surface area (Å²) in [5, 5.41) is 13.5. The Morgan fingerprint density at radius 2 is 1.84 bits per heavy atom. The molecule has 0 bridgehead atoms. The number of nitrogens with zero attached hydrogens (tertiary/aromatic N) is 3. The van der Waals surface area contributed by atoms with Crippen LogP contribution in [0.2, 0.25) is 0 Å². The van der Waals surface area contributed by atoms with Gasteiger partial charge in [-0.2, -0.15) is 0 Å². The highest BCUT2D eigenvalue weighted by molar-refractivity contribution is 6.06. The van der Waals surface area contributed by atoms with Crippen LogP contribution in [0.5, 0.6) is 0 Å². The number of ether oxygens (including phenoxy) is 1. The van der Waals surface area contributed by atoms with E-state index in [0.29, 0.717) is 29.4 Å². The predicted molar refractivity (Wildman–Crippen MR) is 121 cm³/mol. The van der Waals surface area contributed by atoms with Crippen molar-refractivity contribution in [1.82, 2.24) is 14.5 Å². The summed E-state index contributed by atoms with van der Waals surface area (Å²) in [5.74, 6) is 0.842. The molecule has 0 radical (unpaired) electrons. The van der Waals surface area contributed by atoms with Gasteiger partial charge in [-0.05, 0) is 44.5 Å². The van der Waals surface area contributed by atoms with Crippen molar-refractivity contribution in [3.8, 4) is 0 Å². The zero-order chi connectivity index (χ0) is 22.2. The van der Waals surface area contributed by atoms with Crippen molar-refractivity contribution in [3.63, 3.8) is 0 Å². The minimum absolute atomic E-state index is 0.221. The number of hydrogen-bond acceptors (Lipinski definition) is 6. The Bertz CT molecular complexity index is 1260. The Labute approximate surface area is 179 Å². The monoisotopic (exact) mass is 419 g/mol. The van der Waals surface area contributed by atoms with Crippen molar-refractivity contribution in [2.24, 2.45) is 0 Å². The number of nitrogens with one attached hydrogen (secondary N) is 1. The molecule has 0 unspecified atom stereocenters. The fourth-order valence-electron chi connectivity index (χ4n) is 3.49. The third-order valence-corrected chi connectivity index (χ3v) is 4.77. The number of amides is 1. The fraction of sp³-hybridized carbons (Fsp3) is 0.261. The number of nitrogen functional groups attached to an aromatic ring is 1. The number of rotatable bonds is 4. The second-order valence-electron chi connectivity index (χ2n) is 8.31. The lowest BCUT2D eigenvalue weighted by atomic mass is 10.1. The highest BCUT2D eigenvalue weighted by atomic mass is 16.6. The van der Waals surface area contributed by atoms with E-state index in [1.54, 1.807) is 0 Å². The van der Waals surface area contributed by atoms with Gasteiger partial charge in [0.25, 0.3) is 0 Å². The lowest BCUT2D eigenvalue weighted by Crippen LogP contribution is -2.27. The minimum atomic E-state index is -0.563. The minimum Gasteiger partial charge on any atom is -0.444 e. The summed E-state index contributed by atoms with van der Waals surface area (Å²) in [6.07, 6.45) is -0.502. The third kappa shape index (κ3) is 4.29. The van der Waals surface area contributed by atoms with Gasteiger partial charge in [0.1, 0.15) is 23.5 Å². The van der Waals surface area contributed by atoms with Gasteiger partial charge in [-0.15, -0.1) is 0 Å². The Morgan fingerprint density at radius 3 is 2.52 bits per heavy atom. The second kappa shape index (κ2) is 7.88. The second-order valence-corrected chi connectivity index (χ2v) is 8.31. The number of aromatic nitrogens is 3. The summed E-state index contributed by atoms with van der Waals surface area (Å²) in [5.41, 5.74) is 9.37. The highest BCUT2D eigenvalue weighted by Gasteiger charge is 2.18. The molecule has 0 aliphatic rings. The van der Waals surface area contributed by atoms with Gasteiger partial charge in [-0.3, -0.25) is 5.32 Å². The number of pyridine rings is 1. The highest BCUT2D eigenvalue weighted by Crippen LogP contribution is 2.29. The van der Waals surface area contributed by atoms with E-state index in [-0.39, 0.29) is 6.61 Å². The summed E-state index contributed by atoms with van der Waals surface area (Å²) >= 11 is 0. The zero-order valence-electron chi connectivity index (χ0n) is 17.7. The molecule has 31 heavy (non-hydrogen) atoms. The van der Waals surface area contributed by atoms with Crippen LogP contribution in [-0.4, -0.2) is 31.3 Å². The number of benzene rings is 2. The van der Waals surface area contributed by atoms with Crippen LogP contribution in [0.25, 0.3) is 21.9 Å². The zero-order valence-corrected chi connectivity index (χ0v) is 17.7. The van der Waals surface area contributed by atoms with E-state index in [1.807, 2.05) is 73.9 Å². The van der Waals surface area contributed by atoms with Crippen LogP contribution in [-0.2, 0) is 17.9 Å². The fourth-order valence-corrected chi connectivity index (χ4v) is 3.49. The summed E-state index contributed by atoms with van der Waals surface area (Å²) in [6.45, 7) is 5.70. The smallest absolute Gasteiger partial charge is 0.412 e. The molecule has 4 N–H and O–H groups in total. The number of carbonyl (C=O) groups is 1. The average Bonchev–Trinajstić information content (AvgIpc) is 3.07. The van der Waals surface area contributed by atoms with Crippen molar-refractivity contribution in [2.45, 2.75) is 39.5 Å². The Morgan fingerprint density at radius 1 is 1.13 bits per heavy atom. The first-order valence-electron chi connectivity index (χ1n) is 9.98. The van der Waals surface area contributed by atoms with Gasteiger partial charge in [0.15, 0.2) is 5.82 Å². The number of aliphatic hydroxyl groups is 1. The molecule has 0 spiro atoms. The summed E-state index contributed by atoms with van der Waals surface area (Å²) in [4.78, 5) is 20.9. The molecule has 4 aromatic rings. The molecule has 1 amide bonds. The molecule has 2 aromatic carbocycles. The van der Waals surface area contributed by atoms with Crippen molar-refractivity contribution >= 4 is 39.5 Å². The van der Waals surface area contributed by atoms with Gasteiger partial charge in [-0.1, -0.05) is 30.3 Å². The van der Waals surface area contributed by atoms with Gasteiger partial charge in [0.05, 0.1) is 11.0 Å². The van der Waals surface area contributed by atoms with Gasteiger partial charge in [-0.25, -0.2) is 14.8 Å². The first-order chi connectivity index (χ1) is 14.7. The lowest BCUT2D eigenvalue weighted by Gasteiger charge is -2.19. The van der Waals surface area contributed by atoms with Crippen LogP contribution in [0.1, 0.15) is 32.2 Å². The van der Waals surface area contributed by atoms with E-state index in [1.165, 1.54) is 0 Å². The van der Waals surface area contributed by atoms with Crippen molar-refractivity contribution in [1.29, 1.82) is 0 Å². The molecule has 2 heterocycles. The third-order valence-electron chi connectivity index (χ3n) is 4.77. The number of carbonyl (C=O) groups excluding carboxylic acids is 1. The first kappa shape index (κ1) is 20.6. The van der Waals surface area contributed by atoms with Gasteiger partial charge in [0.2, 0.25) is 0 Å². The van der Waals surface area contributed by atoms with E-state index < -0.39 is 11.7 Å². The van der Waals surface area contributed by atoms with Crippen LogP contribution < -0.4 is 11.1 Å². The van der Waals surface area contributed by atoms with E-state index in [0.717, 1.165) is 22.0 Å².